The molecule has 0 unspecified atom stereocenters. The van der Waals surface area contributed by atoms with Gasteiger partial charge in [-0.05, 0) is 20.9 Å². The molecule has 142 valence electrons. The minimum atomic E-state index is -0.635. The first-order valence-electron chi connectivity index (χ1n) is 8.76. The fourth-order valence-electron chi connectivity index (χ4n) is 3.17. The molecule has 2 aromatic heterocycles. The number of likely N-dealkylation sites (N-methyl/N-ethyl adjacent to an activating group) is 1. The van der Waals surface area contributed by atoms with Crippen molar-refractivity contribution >= 4 is 5.91 Å². The Morgan fingerprint density at radius 2 is 2.35 bits per heavy atom. The maximum atomic E-state index is 12.7. The molecule has 3 heterocycles. The van der Waals surface area contributed by atoms with E-state index in [9.17, 15) is 9.90 Å². The Hall–Kier alpha value is -2.23. The number of aliphatic hydroxyl groups is 1. The van der Waals surface area contributed by atoms with Gasteiger partial charge in [-0.1, -0.05) is 0 Å². The van der Waals surface area contributed by atoms with E-state index in [0.29, 0.717) is 24.5 Å². The topological polar surface area (TPSA) is 108 Å². The molecule has 3 N–H and O–H groups in total. The average Bonchev–Trinajstić information content (AvgIpc) is 3.31. The molecule has 1 fully saturated rings. The molecule has 0 radical (unpaired) electrons. The summed E-state index contributed by atoms with van der Waals surface area (Å²) in [6.07, 6.45) is 5.07. The Morgan fingerprint density at radius 3 is 3.04 bits per heavy atom. The molecule has 9 heteroatoms. The number of carbonyl (C=O) groups excluding carboxylic acids is 1. The highest BCUT2D eigenvalue weighted by atomic mass is 16.5. The van der Waals surface area contributed by atoms with Crippen LogP contribution in [0.5, 0.6) is 0 Å². The van der Waals surface area contributed by atoms with Crippen molar-refractivity contribution in [3.63, 3.8) is 0 Å². The molecule has 2 aromatic rings. The Kier molecular flexibility index (Phi) is 5.40. The van der Waals surface area contributed by atoms with Crippen LogP contribution >= 0.6 is 0 Å². The van der Waals surface area contributed by atoms with Crippen LogP contribution in [0.2, 0.25) is 0 Å². The molecule has 0 aromatic carbocycles. The zero-order chi connectivity index (χ0) is 18.7. The number of hydrogen-bond acceptors (Lipinski definition) is 6. The summed E-state index contributed by atoms with van der Waals surface area (Å²) in [4.78, 5) is 14.8. The second-order valence-corrected chi connectivity index (χ2v) is 6.78. The van der Waals surface area contributed by atoms with Gasteiger partial charge in [-0.2, -0.15) is 10.2 Å². The Bertz CT molecular complexity index is 757. The number of H-pyrrole nitrogens is 1. The summed E-state index contributed by atoms with van der Waals surface area (Å²) in [7, 11) is 1.94. The van der Waals surface area contributed by atoms with E-state index in [1.165, 1.54) is 6.20 Å². The van der Waals surface area contributed by atoms with E-state index >= 15 is 0 Å². The normalized spacial score (nSPS) is 23.9. The molecule has 0 bridgehead atoms. The third-order valence-corrected chi connectivity index (χ3v) is 5.14. The minimum Gasteiger partial charge on any atom is -0.394 e. The van der Waals surface area contributed by atoms with Gasteiger partial charge in [0.25, 0.3) is 5.91 Å². The lowest BCUT2D eigenvalue weighted by Gasteiger charge is -2.47. The second kappa shape index (κ2) is 7.56. The molecule has 0 saturated carbocycles. The number of aliphatic hydroxyl groups excluding tert-OH is 1. The Morgan fingerprint density at radius 1 is 1.54 bits per heavy atom. The summed E-state index contributed by atoms with van der Waals surface area (Å²) in [5.41, 5.74) is 1.24. The maximum Gasteiger partial charge on any atom is 0.255 e. The number of nitrogens with one attached hydrogen (secondary N) is 2. The molecule has 2 atom stereocenters. The molecule has 9 nitrogen and oxygen atoms in total. The number of aromatic amines is 1. The van der Waals surface area contributed by atoms with Gasteiger partial charge in [-0.15, -0.1) is 0 Å². The summed E-state index contributed by atoms with van der Waals surface area (Å²) < 4.78 is 7.39. The monoisotopic (exact) mass is 362 g/mol. The first-order chi connectivity index (χ1) is 12.5. The van der Waals surface area contributed by atoms with Gasteiger partial charge in [0, 0.05) is 30.9 Å². The number of aryl methyl sites for hydroxylation is 1. The number of rotatable bonds is 6. The predicted octanol–water partition coefficient (Wildman–Crippen LogP) is 0.105. The lowest BCUT2D eigenvalue weighted by atomic mass is 9.96. The van der Waals surface area contributed by atoms with Crippen LogP contribution in [0.4, 0.5) is 0 Å². The third-order valence-electron chi connectivity index (χ3n) is 5.14. The van der Waals surface area contributed by atoms with Crippen LogP contribution in [0.3, 0.4) is 0 Å². The highest BCUT2D eigenvalue weighted by Crippen LogP contribution is 2.23. The van der Waals surface area contributed by atoms with Crippen LogP contribution in [0, 0.1) is 0 Å². The molecule has 0 spiro atoms. The van der Waals surface area contributed by atoms with Gasteiger partial charge in [-0.25, -0.2) is 0 Å². The highest BCUT2D eigenvalue weighted by molar-refractivity contribution is 5.99. The van der Waals surface area contributed by atoms with Gasteiger partial charge in [-0.3, -0.25) is 19.5 Å². The van der Waals surface area contributed by atoms with Gasteiger partial charge < -0.3 is 15.2 Å². The first kappa shape index (κ1) is 18.6. The molecular formula is C17H26N6O3. The van der Waals surface area contributed by atoms with Gasteiger partial charge in [0.2, 0.25) is 0 Å². The number of amides is 1. The molecular weight excluding hydrogens is 336 g/mol. The molecule has 3 rings (SSSR count). The third kappa shape index (κ3) is 3.37. The van der Waals surface area contributed by atoms with Crippen LogP contribution < -0.4 is 5.32 Å². The molecule has 1 amide bonds. The van der Waals surface area contributed by atoms with Crippen molar-refractivity contribution in [2.45, 2.75) is 32.0 Å². The molecule has 0 aliphatic carbocycles. The maximum absolute atomic E-state index is 12.7. The predicted molar refractivity (Wildman–Crippen MR) is 95.7 cm³/mol. The largest absolute Gasteiger partial charge is 0.394 e. The summed E-state index contributed by atoms with van der Waals surface area (Å²) in [5.74, 6) is -0.252. The molecule has 1 saturated heterocycles. The van der Waals surface area contributed by atoms with Crippen LogP contribution in [0.15, 0.2) is 18.6 Å². The minimum absolute atomic E-state index is 0.102. The summed E-state index contributed by atoms with van der Waals surface area (Å²) in [5, 5.41) is 24.0. The van der Waals surface area contributed by atoms with Crippen molar-refractivity contribution in [1.29, 1.82) is 0 Å². The standard InChI is InChI=1S/C17H26N6O3/c1-4-23-7-13(5-20-23)15-14(6-19-21-15)16(25)18-9-17(10-24)11-26-8-12(2)22(17)3/h5-7,12,24H,4,8-11H2,1-3H3,(H,18,25)(H,19,21)/t12-,17+/m1/s1. The summed E-state index contributed by atoms with van der Waals surface area (Å²) in [6, 6.07) is 0.164. The lowest BCUT2D eigenvalue weighted by molar-refractivity contribution is -0.105. The number of carbonyl (C=O) groups is 1. The SMILES string of the molecule is CCn1cc(-c2[nH]ncc2C(=O)NC[C@]2(CO)COC[C@@H](C)N2C)cn1. The number of morpholine rings is 1. The van der Waals surface area contributed by atoms with Crippen molar-refractivity contribution < 1.29 is 14.6 Å². The Balaban J connectivity index is 1.74. The summed E-state index contributed by atoms with van der Waals surface area (Å²) in [6.45, 7) is 5.93. The number of ether oxygens (including phenoxy) is 1. The fraction of sp³-hybridized carbons (Fsp3) is 0.588. The lowest BCUT2D eigenvalue weighted by Crippen LogP contribution is -2.65. The van der Waals surface area contributed by atoms with Crippen molar-refractivity contribution in [3.05, 3.63) is 24.2 Å². The van der Waals surface area contributed by atoms with Crippen molar-refractivity contribution in [1.82, 2.24) is 30.2 Å². The van der Waals surface area contributed by atoms with E-state index in [0.717, 1.165) is 12.1 Å². The number of hydrogen-bond donors (Lipinski definition) is 3. The van der Waals surface area contributed by atoms with Crippen LogP contribution in [-0.4, -0.2) is 80.9 Å². The van der Waals surface area contributed by atoms with Crippen molar-refractivity contribution in [2.24, 2.45) is 0 Å². The van der Waals surface area contributed by atoms with E-state index in [2.05, 4.69) is 25.5 Å². The van der Waals surface area contributed by atoms with Gasteiger partial charge in [0.05, 0.1) is 49.0 Å². The highest BCUT2D eigenvalue weighted by Gasteiger charge is 2.40. The van der Waals surface area contributed by atoms with E-state index in [1.807, 2.05) is 27.1 Å². The smallest absolute Gasteiger partial charge is 0.255 e. The molecule has 1 aliphatic heterocycles. The van der Waals surface area contributed by atoms with Gasteiger partial charge in [0.1, 0.15) is 0 Å². The van der Waals surface area contributed by atoms with Gasteiger partial charge in [0.15, 0.2) is 0 Å². The van der Waals surface area contributed by atoms with Crippen molar-refractivity contribution in [3.8, 4) is 11.3 Å². The first-order valence-corrected chi connectivity index (χ1v) is 8.76. The van der Waals surface area contributed by atoms with Gasteiger partial charge >= 0.3 is 0 Å². The second-order valence-electron chi connectivity index (χ2n) is 6.78. The zero-order valence-corrected chi connectivity index (χ0v) is 15.4. The quantitative estimate of drug-likeness (QED) is 0.673. The summed E-state index contributed by atoms with van der Waals surface area (Å²) >= 11 is 0. The molecule has 26 heavy (non-hydrogen) atoms. The number of nitrogens with zero attached hydrogens (tertiary/aromatic N) is 4. The molecule has 1 aliphatic rings. The zero-order valence-electron chi connectivity index (χ0n) is 15.4. The Labute approximate surface area is 152 Å². The van der Waals surface area contributed by atoms with Crippen LogP contribution in [-0.2, 0) is 11.3 Å². The van der Waals surface area contributed by atoms with Crippen molar-refractivity contribution in [2.75, 3.05) is 33.4 Å². The van der Waals surface area contributed by atoms with E-state index in [4.69, 9.17) is 4.74 Å². The van der Waals surface area contributed by atoms with E-state index in [-0.39, 0.29) is 25.1 Å². The fourth-order valence-corrected chi connectivity index (χ4v) is 3.17. The van der Waals surface area contributed by atoms with Crippen LogP contribution in [0.25, 0.3) is 11.3 Å². The van der Waals surface area contributed by atoms with Crippen LogP contribution in [0.1, 0.15) is 24.2 Å². The number of aromatic nitrogens is 4. The van der Waals surface area contributed by atoms with E-state index < -0.39 is 5.54 Å². The van der Waals surface area contributed by atoms with E-state index in [1.54, 1.807) is 10.9 Å². The average molecular weight is 362 g/mol.